The summed E-state index contributed by atoms with van der Waals surface area (Å²) in [5.74, 6) is 8.64. The van der Waals surface area contributed by atoms with E-state index >= 15 is 0 Å². The van der Waals surface area contributed by atoms with Crippen LogP contribution in [0.15, 0.2) is 84.9 Å². The number of hydrogen-bond acceptors (Lipinski definition) is 8. The number of amides is 4. The van der Waals surface area contributed by atoms with Crippen LogP contribution in [0, 0.1) is 23.7 Å². The van der Waals surface area contributed by atoms with Crippen LogP contribution in [0.1, 0.15) is 76.0 Å². The Labute approximate surface area is 305 Å². The summed E-state index contributed by atoms with van der Waals surface area (Å²) in [6, 6.07) is 24.4. The van der Waals surface area contributed by atoms with Crippen LogP contribution in [0.5, 0.6) is 0 Å². The second kappa shape index (κ2) is 19.0. The van der Waals surface area contributed by atoms with E-state index in [1.165, 1.54) is 15.9 Å². The van der Waals surface area contributed by atoms with Gasteiger partial charge in [0.15, 0.2) is 0 Å². The zero-order valence-corrected chi connectivity index (χ0v) is 30.3. The highest BCUT2D eigenvalue weighted by Crippen LogP contribution is 2.19. The first-order valence-corrected chi connectivity index (χ1v) is 16.6. The summed E-state index contributed by atoms with van der Waals surface area (Å²) >= 11 is 0. The molecular weight excluding hydrogens is 664 g/mol. The molecule has 0 aliphatic carbocycles. The van der Waals surface area contributed by atoms with Gasteiger partial charge in [0.1, 0.15) is 23.4 Å². The third-order valence-electron chi connectivity index (χ3n) is 6.81. The maximum Gasteiger partial charge on any atom is 0.409 e. The summed E-state index contributed by atoms with van der Waals surface area (Å²) in [5.41, 5.74) is 0.697. The van der Waals surface area contributed by atoms with Crippen molar-refractivity contribution in [3.05, 3.63) is 107 Å². The van der Waals surface area contributed by atoms with Gasteiger partial charge in [-0.3, -0.25) is 9.59 Å². The Kier molecular flexibility index (Phi) is 14.8. The Morgan fingerprint density at radius 1 is 0.615 bits per heavy atom. The minimum atomic E-state index is -1.41. The van der Waals surface area contributed by atoms with Crippen LogP contribution >= 0.6 is 0 Å². The molecule has 0 bridgehead atoms. The lowest BCUT2D eigenvalue weighted by Gasteiger charge is -2.23. The van der Waals surface area contributed by atoms with Crippen molar-refractivity contribution in [1.29, 1.82) is 0 Å². The first-order chi connectivity index (χ1) is 24.5. The molecule has 52 heavy (non-hydrogen) atoms. The number of hydrogen-bond donors (Lipinski definition) is 4. The van der Waals surface area contributed by atoms with Crippen molar-refractivity contribution < 1.29 is 38.9 Å². The number of nitrogens with one attached hydrogen (secondary N) is 2. The van der Waals surface area contributed by atoms with E-state index in [0.29, 0.717) is 0 Å². The zero-order valence-electron chi connectivity index (χ0n) is 30.3. The van der Waals surface area contributed by atoms with Crippen molar-refractivity contribution in [1.82, 2.24) is 20.4 Å². The third-order valence-corrected chi connectivity index (χ3v) is 6.81. The molecule has 0 aliphatic heterocycles. The monoisotopic (exact) mass is 710 g/mol. The predicted molar refractivity (Wildman–Crippen MR) is 194 cm³/mol. The van der Waals surface area contributed by atoms with Crippen LogP contribution in [0.4, 0.5) is 9.59 Å². The van der Waals surface area contributed by atoms with Gasteiger partial charge in [-0.2, -0.15) is 0 Å². The minimum Gasteiger partial charge on any atom is -0.444 e. The standard InChI is InChI=1S/C40H46N4O8/c1-39(2,3)51-37(49)41-27-43(25-29-14-9-7-10-15-29)35(47)22-20-33(45)31-18-13-19-32(24-31)34(46)21-23-36(48)44(26-30-16-11-8-12-17-30)28-42-38(50)52-40(4,5)6/h7-19,24,33-34,45-46H,25-28H2,1-6H3,(H,41,49)(H,42,50). The van der Waals surface area contributed by atoms with Crippen LogP contribution in [0.3, 0.4) is 0 Å². The van der Waals surface area contributed by atoms with Crippen molar-refractivity contribution in [3.8, 4) is 23.7 Å². The molecule has 0 aliphatic rings. The van der Waals surface area contributed by atoms with E-state index in [2.05, 4.69) is 34.3 Å². The first kappa shape index (κ1) is 40.6. The van der Waals surface area contributed by atoms with Gasteiger partial charge >= 0.3 is 12.2 Å². The lowest BCUT2D eigenvalue weighted by molar-refractivity contribution is -0.126. The summed E-state index contributed by atoms with van der Waals surface area (Å²) in [7, 11) is 0. The second-order valence-corrected chi connectivity index (χ2v) is 13.7. The smallest absolute Gasteiger partial charge is 0.409 e. The summed E-state index contributed by atoms with van der Waals surface area (Å²) in [6.45, 7) is 10.2. The summed E-state index contributed by atoms with van der Waals surface area (Å²) in [4.78, 5) is 53.4. The van der Waals surface area contributed by atoms with Crippen LogP contribution in [0.2, 0.25) is 0 Å². The average molecular weight is 711 g/mol. The number of carbonyl (C=O) groups is 4. The highest BCUT2D eigenvalue weighted by atomic mass is 16.6. The maximum atomic E-state index is 13.1. The number of rotatable bonds is 10. The Hall–Kier alpha value is -5.82. The molecule has 0 saturated carbocycles. The van der Waals surface area contributed by atoms with Crippen molar-refractivity contribution in [2.45, 2.75) is 78.0 Å². The van der Waals surface area contributed by atoms with Gasteiger partial charge in [0.2, 0.25) is 0 Å². The number of benzene rings is 3. The molecule has 3 rings (SSSR count). The SMILES string of the molecule is CC(C)(C)OC(=O)NCN(Cc1ccccc1)C(=O)C#CC(O)c1cccc(C(O)C#CC(=O)N(CNC(=O)OC(C)(C)C)Cc2ccccc2)c1. The van der Waals surface area contributed by atoms with E-state index in [1.54, 1.807) is 59.7 Å². The van der Waals surface area contributed by atoms with Gasteiger partial charge in [0, 0.05) is 13.1 Å². The molecule has 12 heteroatoms. The molecule has 0 saturated heterocycles. The Balaban J connectivity index is 1.72. The van der Waals surface area contributed by atoms with Crippen molar-refractivity contribution in [2.75, 3.05) is 13.3 Å². The Bertz CT molecular complexity index is 1670. The number of alkyl carbamates (subject to hydrolysis) is 2. The summed E-state index contributed by atoms with van der Waals surface area (Å²) in [5, 5.41) is 26.8. The molecule has 3 aromatic carbocycles. The van der Waals surface area contributed by atoms with Gasteiger partial charge < -0.3 is 40.1 Å². The van der Waals surface area contributed by atoms with Crippen LogP contribution in [0.25, 0.3) is 0 Å². The van der Waals surface area contributed by atoms with E-state index in [0.717, 1.165) is 11.1 Å². The van der Waals surface area contributed by atoms with Crippen molar-refractivity contribution >= 4 is 24.0 Å². The number of aliphatic hydroxyl groups is 2. The molecule has 0 heterocycles. The van der Waals surface area contributed by atoms with Gasteiger partial charge in [-0.1, -0.05) is 90.7 Å². The topological polar surface area (TPSA) is 158 Å². The number of nitrogens with zero attached hydrogens (tertiary/aromatic N) is 2. The lowest BCUT2D eigenvalue weighted by atomic mass is 10.0. The molecule has 12 nitrogen and oxygen atoms in total. The fourth-order valence-corrected chi connectivity index (χ4v) is 4.44. The fraction of sp³-hybridized carbons (Fsp3) is 0.350. The lowest BCUT2D eigenvalue weighted by Crippen LogP contribution is -2.42. The van der Waals surface area contributed by atoms with E-state index in [-0.39, 0.29) is 37.6 Å². The molecular formula is C40H46N4O8. The maximum absolute atomic E-state index is 13.1. The largest absolute Gasteiger partial charge is 0.444 e. The highest BCUT2D eigenvalue weighted by Gasteiger charge is 2.20. The van der Waals surface area contributed by atoms with Gasteiger partial charge in [-0.05, 0) is 81.7 Å². The quantitative estimate of drug-likeness (QED) is 0.173. The number of aliphatic hydroxyl groups excluding tert-OH is 2. The molecule has 0 aromatic heterocycles. The van der Waals surface area contributed by atoms with Crippen molar-refractivity contribution in [2.24, 2.45) is 0 Å². The molecule has 2 unspecified atom stereocenters. The average Bonchev–Trinajstić information content (AvgIpc) is 3.08. The highest BCUT2D eigenvalue weighted by molar-refractivity contribution is 5.94. The minimum absolute atomic E-state index is 0.138. The van der Waals surface area contributed by atoms with Crippen LogP contribution in [-0.4, -0.2) is 68.6 Å². The number of carbonyl (C=O) groups excluding carboxylic acids is 4. The normalized spacial score (nSPS) is 12.0. The molecule has 4 amide bonds. The Morgan fingerprint density at radius 3 is 1.33 bits per heavy atom. The molecule has 4 N–H and O–H groups in total. The Morgan fingerprint density at radius 2 is 0.981 bits per heavy atom. The number of ether oxygens (including phenoxy) is 2. The fourth-order valence-electron chi connectivity index (χ4n) is 4.44. The summed E-state index contributed by atoms with van der Waals surface area (Å²) < 4.78 is 10.5. The van der Waals surface area contributed by atoms with E-state index in [1.807, 2.05) is 60.7 Å². The van der Waals surface area contributed by atoms with Gasteiger partial charge in [0.05, 0.1) is 13.3 Å². The first-order valence-electron chi connectivity index (χ1n) is 16.6. The molecule has 274 valence electrons. The van der Waals surface area contributed by atoms with E-state index < -0.39 is 47.4 Å². The van der Waals surface area contributed by atoms with Crippen LogP contribution in [-0.2, 0) is 32.2 Å². The van der Waals surface area contributed by atoms with E-state index in [9.17, 15) is 29.4 Å². The summed E-state index contributed by atoms with van der Waals surface area (Å²) in [6.07, 6.45) is -4.23. The zero-order chi connectivity index (χ0) is 38.3. The van der Waals surface area contributed by atoms with Gasteiger partial charge in [-0.25, -0.2) is 9.59 Å². The van der Waals surface area contributed by atoms with Crippen molar-refractivity contribution in [3.63, 3.8) is 0 Å². The molecule has 3 aromatic rings. The predicted octanol–water partition coefficient (Wildman–Crippen LogP) is 4.78. The van der Waals surface area contributed by atoms with Gasteiger partial charge in [-0.15, -0.1) is 0 Å². The van der Waals surface area contributed by atoms with Gasteiger partial charge in [0.25, 0.3) is 11.8 Å². The molecule has 0 radical (unpaired) electrons. The molecule has 2 atom stereocenters. The second-order valence-electron chi connectivity index (χ2n) is 13.7. The third kappa shape index (κ3) is 15.0. The molecule has 0 spiro atoms. The molecule has 0 fully saturated rings. The van der Waals surface area contributed by atoms with E-state index in [4.69, 9.17) is 9.47 Å². The van der Waals surface area contributed by atoms with Crippen LogP contribution < -0.4 is 10.6 Å².